The van der Waals surface area contributed by atoms with Gasteiger partial charge in [0, 0.05) is 31.1 Å². The zero-order valence-corrected chi connectivity index (χ0v) is 13.1. The lowest BCUT2D eigenvalue weighted by Gasteiger charge is -2.26. The summed E-state index contributed by atoms with van der Waals surface area (Å²) in [6, 6.07) is 3.22. The van der Waals surface area contributed by atoms with Gasteiger partial charge in [0.15, 0.2) is 0 Å². The molecule has 1 aliphatic carbocycles. The zero-order chi connectivity index (χ0) is 16.2. The molecule has 1 atom stereocenters. The first kappa shape index (κ1) is 15.7. The Kier molecular flexibility index (Phi) is 4.73. The van der Waals surface area contributed by atoms with E-state index in [1.165, 1.54) is 31.5 Å². The molecule has 3 rings (SSSR count). The molecule has 0 radical (unpaired) electrons. The van der Waals surface area contributed by atoms with Crippen LogP contribution in [0.5, 0.6) is 0 Å². The number of anilines is 1. The number of amides is 1. The van der Waals surface area contributed by atoms with Crippen LogP contribution in [-0.4, -0.2) is 39.8 Å². The quantitative estimate of drug-likeness (QED) is 0.681. The summed E-state index contributed by atoms with van der Waals surface area (Å²) in [6.45, 7) is 1.47. The maximum Gasteiger partial charge on any atom is 0.287 e. The molecule has 2 heterocycles. The third-order valence-corrected chi connectivity index (χ3v) is 4.77. The normalized spacial score (nSPS) is 22.1. The van der Waals surface area contributed by atoms with E-state index in [0.29, 0.717) is 18.3 Å². The molecule has 1 unspecified atom stereocenters. The van der Waals surface area contributed by atoms with E-state index < -0.39 is 4.92 Å². The first-order chi connectivity index (χ1) is 11.1. The fourth-order valence-electron chi connectivity index (χ4n) is 3.47. The fraction of sp³-hybridized carbons (Fsp3) is 0.625. The molecule has 1 saturated carbocycles. The molecule has 0 spiro atoms. The van der Waals surface area contributed by atoms with Crippen LogP contribution in [0.3, 0.4) is 0 Å². The Labute approximate surface area is 135 Å². The molecule has 0 aromatic carbocycles. The van der Waals surface area contributed by atoms with E-state index in [1.807, 2.05) is 4.90 Å². The van der Waals surface area contributed by atoms with Gasteiger partial charge in [0.2, 0.25) is 5.91 Å². The number of nitrogens with one attached hydrogen (secondary N) is 1. The third kappa shape index (κ3) is 3.78. The number of carbonyl (C=O) groups is 1. The lowest BCUT2D eigenvalue weighted by Crippen LogP contribution is -2.36. The number of nitrogens with zero attached hydrogens (tertiary/aromatic N) is 3. The second-order valence-electron chi connectivity index (χ2n) is 6.41. The SMILES string of the molecule is O=C(C1CCCCC1)N1CCC(Nc2ccc([N+](=O)[O-])cn2)C1. The highest BCUT2D eigenvalue weighted by molar-refractivity contribution is 5.79. The minimum atomic E-state index is -0.461. The molecule has 1 amide bonds. The molecule has 0 bridgehead atoms. The van der Waals surface area contributed by atoms with Crippen LogP contribution < -0.4 is 5.32 Å². The molecule has 7 nitrogen and oxygen atoms in total. The molecule has 7 heteroatoms. The van der Waals surface area contributed by atoms with Crippen molar-refractivity contribution in [3.8, 4) is 0 Å². The smallest absolute Gasteiger partial charge is 0.287 e. The van der Waals surface area contributed by atoms with Gasteiger partial charge in [-0.3, -0.25) is 14.9 Å². The number of pyridine rings is 1. The Balaban J connectivity index is 1.53. The molecule has 2 fully saturated rings. The average molecular weight is 318 g/mol. The lowest BCUT2D eigenvalue weighted by atomic mass is 9.88. The highest BCUT2D eigenvalue weighted by Crippen LogP contribution is 2.27. The van der Waals surface area contributed by atoms with Crippen LogP contribution in [-0.2, 0) is 4.79 Å². The van der Waals surface area contributed by atoms with Gasteiger partial charge in [-0.2, -0.15) is 0 Å². The molecule has 1 N–H and O–H groups in total. The number of aromatic nitrogens is 1. The number of carbonyl (C=O) groups excluding carboxylic acids is 1. The minimum absolute atomic E-state index is 0.0175. The van der Waals surface area contributed by atoms with Gasteiger partial charge in [-0.1, -0.05) is 19.3 Å². The standard InChI is InChI=1S/C16H22N4O3/c21-16(12-4-2-1-3-5-12)19-9-8-13(11-19)18-15-7-6-14(10-17-15)20(22)23/h6-7,10,12-13H,1-5,8-9,11H2,(H,17,18). The number of hydrogen-bond donors (Lipinski definition) is 1. The Bertz CT molecular complexity index is 569. The van der Waals surface area contributed by atoms with E-state index in [1.54, 1.807) is 6.07 Å². The lowest BCUT2D eigenvalue weighted by molar-refractivity contribution is -0.385. The van der Waals surface area contributed by atoms with E-state index in [2.05, 4.69) is 10.3 Å². The summed E-state index contributed by atoms with van der Waals surface area (Å²) in [5.74, 6) is 1.12. The van der Waals surface area contributed by atoms with Gasteiger partial charge in [-0.15, -0.1) is 0 Å². The summed E-state index contributed by atoms with van der Waals surface area (Å²) in [4.78, 5) is 28.7. The van der Waals surface area contributed by atoms with Gasteiger partial charge in [-0.05, 0) is 25.3 Å². The second-order valence-corrected chi connectivity index (χ2v) is 6.41. The minimum Gasteiger partial charge on any atom is -0.365 e. The van der Waals surface area contributed by atoms with Crippen molar-refractivity contribution in [2.24, 2.45) is 5.92 Å². The van der Waals surface area contributed by atoms with Crippen LogP contribution in [0.4, 0.5) is 11.5 Å². The van der Waals surface area contributed by atoms with Crippen LogP contribution in [0.15, 0.2) is 18.3 Å². The molecular weight excluding hydrogens is 296 g/mol. The van der Waals surface area contributed by atoms with Crippen LogP contribution in [0, 0.1) is 16.0 Å². The molecular formula is C16H22N4O3. The molecule has 1 aliphatic heterocycles. The van der Waals surface area contributed by atoms with Crippen molar-refractivity contribution in [2.45, 2.75) is 44.6 Å². The van der Waals surface area contributed by atoms with Crippen molar-refractivity contribution in [3.63, 3.8) is 0 Å². The summed E-state index contributed by atoms with van der Waals surface area (Å²) in [5.41, 5.74) is -0.0175. The van der Waals surface area contributed by atoms with Crippen LogP contribution in [0.2, 0.25) is 0 Å². The van der Waals surface area contributed by atoms with Crippen molar-refractivity contribution in [2.75, 3.05) is 18.4 Å². The van der Waals surface area contributed by atoms with Gasteiger partial charge in [-0.25, -0.2) is 4.98 Å². The monoisotopic (exact) mass is 318 g/mol. The summed E-state index contributed by atoms with van der Waals surface area (Å²) in [6.07, 6.45) is 7.77. The predicted molar refractivity (Wildman–Crippen MR) is 86.1 cm³/mol. The van der Waals surface area contributed by atoms with E-state index in [0.717, 1.165) is 25.8 Å². The maximum absolute atomic E-state index is 12.5. The predicted octanol–water partition coefficient (Wildman–Crippen LogP) is 2.58. The summed E-state index contributed by atoms with van der Waals surface area (Å²) in [7, 11) is 0. The largest absolute Gasteiger partial charge is 0.365 e. The second kappa shape index (κ2) is 6.93. The highest BCUT2D eigenvalue weighted by atomic mass is 16.6. The van der Waals surface area contributed by atoms with E-state index in [4.69, 9.17) is 0 Å². The van der Waals surface area contributed by atoms with E-state index >= 15 is 0 Å². The maximum atomic E-state index is 12.5. The fourth-order valence-corrected chi connectivity index (χ4v) is 3.47. The van der Waals surface area contributed by atoms with Crippen molar-refractivity contribution in [1.29, 1.82) is 0 Å². The number of rotatable bonds is 4. The third-order valence-electron chi connectivity index (χ3n) is 4.77. The van der Waals surface area contributed by atoms with Crippen molar-refractivity contribution < 1.29 is 9.72 Å². The molecule has 2 aliphatic rings. The molecule has 124 valence electrons. The summed E-state index contributed by atoms with van der Waals surface area (Å²) >= 11 is 0. The van der Waals surface area contributed by atoms with Gasteiger partial charge < -0.3 is 10.2 Å². The summed E-state index contributed by atoms with van der Waals surface area (Å²) < 4.78 is 0. The van der Waals surface area contributed by atoms with E-state index in [-0.39, 0.29) is 17.6 Å². The topological polar surface area (TPSA) is 88.4 Å². The van der Waals surface area contributed by atoms with Gasteiger partial charge in [0.25, 0.3) is 5.69 Å². The van der Waals surface area contributed by atoms with Crippen molar-refractivity contribution >= 4 is 17.4 Å². The van der Waals surface area contributed by atoms with Crippen molar-refractivity contribution in [1.82, 2.24) is 9.88 Å². The zero-order valence-electron chi connectivity index (χ0n) is 13.1. The van der Waals surface area contributed by atoms with Gasteiger partial charge in [0.1, 0.15) is 12.0 Å². The molecule has 23 heavy (non-hydrogen) atoms. The number of nitro groups is 1. The molecule has 1 aromatic heterocycles. The highest BCUT2D eigenvalue weighted by Gasteiger charge is 2.31. The number of hydrogen-bond acceptors (Lipinski definition) is 5. The van der Waals surface area contributed by atoms with Crippen LogP contribution in [0.1, 0.15) is 38.5 Å². The average Bonchev–Trinajstić information content (AvgIpc) is 3.04. The Hall–Kier alpha value is -2.18. The first-order valence-corrected chi connectivity index (χ1v) is 8.29. The molecule has 1 aromatic rings. The van der Waals surface area contributed by atoms with Crippen LogP contribution >= 0.6 is 0 Å². The number of likely N-dealkylation sites (tertiary alicyclic amines) is 1. The Morgan fingerprint density at radius 1 is 1.26 bits per heavy atom. The van der Waals surface area contributed by atoms with Gasteiger partial charge in [0.05, 0.1) is 4.92 Å². The van der Waals surface area contributed by atoms with Crippen LogP contribution in [0.25, 0.3) is 0 Å². The van der Waals surface area contributed by atoms with E-state index in [9.17, 15) is 14.9 Å². The molecule has 1 saturated heterocycles. The van der Waals surface area contributed by atoms with Gasteiger partial charge >= 0.3 is 0 Å². The Morgan fingerprint density at radius 3 is 2.70 bits per heavy atom. The Morgan fingerprint density at radius 2 is 2.04 bits per heavy atom. The first-order valence-electron chi connectivity index (χ1n) is 8.29. The van der Waals surface area contributed by atoms with Crippen molar-refractivity contribution in [3.05, 3.63) is 28.4 Å². The summed E-state index contributed by atoms with van der Waals surface area (Å²) in [5, 5.41) is 13.9.